The molecule has 0 spiro atoms. The molecule has 1 aliphatic heterocycles. The van der Waals surface area contributed by atoms with Gasteiger partial charge in [0, 0.05) is 18.7 Å². The van der Waals surface area contributed by atoms with Gasteiger partial charge in [-0.15, -0.1) is 0 Å². The van der Waals surface area contributed by atoms with Gasteiger partial charge in [0.1, 0.15) is 5.82 Å². The van der Waals surface area contributed by atoms with Crippen LogP contribution < -0.4 is 0 Å². The van der Waals surface area contributed by atoms with Crippen LogP contribution >= 0.6 is 0 Å². The molecule has 0 saturated carbocycles. The second-order valence-electron chi connectivity index (χ2n) is 6.31. The number of rotatable bonds is 3. The maximum absolute atomic E-state index is 13.0. The predicted octanol–water partition coefficient (Wildman–Crippen LogP) is 2.32. The molecule has 9 heteroatoms. The molecule has 0 unspecified atom stereocenters. The lowest BCUT2D eigenvalue weighted by atomic mass is 9.97. The minimum atomic E-state index is -0.318. The number of H-pyrrole nitrogens is 1. The molecule has 1 saturated heterocycles. The molecule has 4 rings (SSSR count). The van der Waals surface area contributed by atoms with Gasteiger partial charge in [0.2, 0.25) is 11.7 Å². The Kier molecular flexibility index (Phi) is 4.19. The number of benzene rings is 1. The zero-order valence-corrected chi connectivity index (χ0v) is 14.1. The SMILES string of the molecule is Cc1n[nH]nc1C(=O)N1CCC[C@H](c2nc(-c3ccc(F)cc3)no2)C1. The number of nitrogens with zero attached hydrogens (tertiary/aromatic N) is 5. The molecule has 0 radical (unpaired) electrons. The van der Waals surface area contributed by atoms with E-state index in [-0.39, 0.29) is 17.6 Å². The zero-order valence-electron chi connectivity index (χ0n) is 14.1. The van der Waals surface area contributed by atoms with E-state index >= 15 is 0 Å². The Labute approximate surface area is 148 Å². The molecule has 1 aliphatic rings. The summed E-state index contributed by atoms with van der Waals surface area (Å²) in [5.41, 5.74) is 1.60. The molecule has 8 nitrogen and oxygen atoms in total. The molecule has 3 aromatic rings. The summed E-state index contributed by atoms with van der Waals surface area (Å²) in [4.78, 5) is 18.8. The third-order valence-electron chi connectivity index (χ3n) is 4.53. The normalized spacial score (nSPS) is 17.5. The second kappa shape index (κ2) is 6.66. The van der Waals surface area contributed by atoms with Crippen LogP contribution in [0.2, 0.25) is 0 Å². The predicted molar refractivity (Wildman–Crippen MR) is 88.7 cm³/mol. The number of carbonyl (C=O) groups is 1. The van der Waals surface area contributed by atoms with Crippen LogP contribution in [0, 0.1) is 12.7 Å². The molecule has 0 bridgehead atoms. The Morgan fingerprint density at radius 1 is 1.31 bits per heavy atom. The third-order valence-corrected chi connectivity index (χ3v) is 4.53. The van der Waals surface area contributed by atoms with E-state index in [1.54, 1.807) is 24.0 Å². The Bertz CT molecular complexity index is 919. The van der Waals surface area contributed by atoms with Gasteiger partial charge in [-0.3, -0.25) is 4.79 Å². The van der Waals surface area contributed by atoms with Crippen molar-refractivity contribution in [3.8, 4) is 11.4 Å². The zero-order chi connectivity index (χ0) is 18.1. The lowest BCUT2D eigenvalue weighted by Crippen LogP contribution is -2.39. The van der Waals surface area contributed by atoms with Gasteiger partial charge in [-0.1, -0.05) is 5.16 Å². The van der Waals surface area contributed by atoms with E-state index in [0.717, 1.165) is 12.8 Å². The largest absolute Gasteiger partial charge is 0.339 e. The quantitative estimate of drug-likeness (QED) is 0.773. The number of nitrogens with one attached hydrogen (secondary N) is 1. The fourth-order valence-corrected chi connectivity index (χ4v) is 3.12. The molecule has 1 atom stereocenters. The van der Waals surface area contributed by atoms with Gasteiger partial charge in [-0.25, -0.2) is 4.39 Å². The first-order valence-corrected chi connectivity index (χ1v) is 8.38. The maximum Gasteiger partial charge on any atom is 0.276 e. The monoisotopic (exact) mass is 356 g/mol. The van der Waals surface area contributed by atoms with E-state index in [1.807, 2.05) is 0 Å². The van der Waals surface area contributed by atoms with Gasteiger partial charge in [0.25, 0.3) is 5.91 Å². The van der Waals surface area contributed by atoms with Crippen LogP contribution in [-0.2, 0) is 0 Å². The number of aromatic amines is 1. The Balaban J connectivity index is 1.51. The minimum Gasteiger partial charge on any atom is -0.339 e. The number of aromatic nitrogens is 5. The molecular weight excluding hydrogens is 339 g/mol. The van der Waals surface area contributed by atoms with Crippen molar-refractivity contribution in [2.75, 3.05) is 13.1 Å². The molecule has 1 fully saturated rings. The van der Waals surface area contributed by atoms with Gasteiger partial charge < -0.3 is 9.42 Å². The summed E-state index contributed by atoms with van der Waals surface area (Å²) in [6.07, 6.45) is 1.69. The minimum absolute atomic E-state index is 0.0402. The molecule has 3 heterocycles. The fourth-order valence-electron chi connectivity index (χ4n) is 3.12. The number of hydrogen-bond donors (Lipinski definition) is 1. The molecule has 134 valence electrons. The number of carbonyl (C=O) groups excluding carboxylic acids is 1. The number of halogens is 1. The van der Waals surface area contributed by atoms with Gasteiger partial charge in [-0.2, -0.15) is 20.4 Å². The van der Waals surface area contributed by atoms with Gasteiger partial charge in [-0.05, 0) is 44.0 Å². The summed E-state index contributed by atoms with van der Waals surface area (Å²) < 4.78 is 18.5. The van der Waals surface area contributed by atoms with Crippen LogP contribution in [0.3, 0.4) is 0 Å². The van der Waals surface area contributed by atoms with Crippen LogP contribution in [-0.4, -0.2) is 49.4 Å². The van der Waals surface area contributed by atoms with Crippen molar-refractivity contribution in [3.05, 3.63) is 47.4 Å². The number of likely N-dealkylation sites (tertiary alicyclic amines) is 1. The molecule has 2 aromatic heterocycles. The number of hydrogen-bond acceptors (Lipinski definition) is 6. The van der Waals surface area contributed by atoms with Crippen LogP contribution in [0.1, 0.15) is 40.8 Å². The van der Waals surface area contributed by atoms with Crippen molar-refractivity contribution < 1.29 is 13.7 Å². The first-order valence-electron chi connectivity index (χ1n) is 8.38. The van der Waals surface area contributed by atoms with E-state index in [0.29, 0.717) is 41.8 Å². The standard InChI is InChI=1S/C17H17FN6O2/c1-10-14(21-23-20-10)17(25)24-8-2-3-12(9-24)16-19-15(22-26-16)11-4-6-13(18)7-5-11/h4-7,12H,2-3,8-9H2,1H3,(H,20,21,23)/t12-/m0/s1. The van der Waals surface area contributed by atoms with E-state index in [4.69, 9.17) is 4.52 Å². The van der Waals surface area contributed by atoms with Gasteiger partial charge in [0.15, 0.2) is 5.69 Å². The summed E-state index contributed by atoms with van der Waals surface area (Å²) in [6.45, 7) is 2.88. The summed E-state index contributed by atoms with van der Waals surface area (Å²) in [5, 5.41) is 14.3. The van der Waals surface area contributed by atoms with Crippen LogP contribution in [0.4, 0.5) is 4.39 Å². The van der Waals surface area contributed by atoms with E-state index in [9.17, 15) is 9.18 Å². The number of amides is 1. The highest BCUT2D eigenvalue weighted by molar-refractivity contribution is 5.93. The first kappa shape index (κ1) is 16.4. The lowest BCUT2D eigenvalue weighted by Gasteiger charge is -2.30. The third kappa shape index (κ3) is 3.07. The molecule has 26 heavy (non-hydrogen) atoms. The van der Waals surface area contributed by atoms with Crippen LogP contribution in [0.25, 0.3) is 11.4 Å². The molecule has 1 aromatic carbocycles. The fraction of sp³-hybridized carbons (Fsp3) is 0.353. The molecular formula is C17H17FN6O2. The average Bonchev–Trinajstić information content (AvgIpc) is 3.31. The second-order valence-corrected chi connectivity index (χ2v) is 6.31. The highest BCUT2D eigenvalue weighted by Gasteiger charge is 2.30. The van der Waals surface area contributed by atoms with E-state index in [2.05, 4.69) is 25.6 Å². The molecule has 0 aliphatic carbocycles. The van der Waals surface area contributed by atoms with Crippen LogP contribution in [0.5, 0.6) is 0 Å². The van der Waals surface area contributed by atoms with Crippen molar-refractivity contribution >= 4 is 5.91 Å². The highest BCUT2D eigenvalue weighted by Crippen LogP contribution is 2.28. The van der Waals surface area contributed by atoms with Gasteiger partial charge in [0.05, 0.1) is 11.6 Å². The first-order chi connectivity index (χ1) is 12.6. The summed E-state index contributed by atoms with van der Waals surface area (Å²) in [7, 11) is 0. The number of piperidine rings is 1. The summed E-state index contributed by atoms with van der Waals surface area (Å²) in [6, 6.07) is 5.92. The molecule has 1 amide bonds. The topological polar surface area (TPSA) is 101 Å². The smallest absolute Gasteiger partial charge is 0.276 e. The highest BCUT2D eigenvalue weighted by atomic mass is 19.1. The number of aryl methyl sites for hydroxylation is 1. The van der Waals surface area contributed by atoms with Crippen LogP contribution in [0.15, 0.2) is 28.8 Å². The Hall–Kier alpha value is -3.10. The van der Waals surface area contributed by atoms with Gasteiger partial charge >= 0.3 is 0 Å². The summed E-state index contributed by atoms with van der Waals surface area (Å²) in [5.74, 6) is 0.386. The van der Waals surface area contributed by atoms with Crippen molar-refractivity contribution in [1.29, 1.82) is 0 Å². The molecule has 1 N–H and O–H groups in total. The van der Waals surface area contributed by atoms with Crippen molar-refractivity contribution in [2.24, 2.45) is 0 Å². The van der Waals surface area contributed by atoms with Crippen molar-refractivity contribution in [3.63, 3.8) is 0 Å². The van der Waals surface area contributed by atoms with E-state index in [1.165, 1.54) is 12.1 Å². The van der Waals surface area contributed by atoms with Crippen molar-refractivity contribution in [2.45, 2.75) is 25.7 Å². The summed E-state index contributed by atoms with van der Waals surface area (Å²) >= 11 is 0. The van der Waals surface area contributed by atoms with Crippen molar-refractivity contribution in [1.82, 2.24) is 30.5 Å². The van der Waals surface area contributed by atoms with E-state index < -0.39 is 0 Å². The lowest BCUT2D eigenvalue weighted by molar-refractivity contribution is 0.0689. The Morgan fingerprint density at radius 3 is 2.85 bits per heavy atom. The maximum atomic E-state index is 13.0. The average molecular weight is 356 g/mol. The Morgan fingerprint density at radius 2 is 2.12 bits per heavy atom.